The predicted molar refractivity (Wildman–Crippen MR) is 67.4 cm³/mol. The highest BCUT2D eigenvalue weighted by atomic mass is 16.2. The number of amides is 1. The second-order valence-electron chi connectivity index (χ2n) is 4.72. The van der Waals surface area contributed by atoms with Crippen molar-refractivity contribution < 1.29 is 4.79 Å². The molecule has 3 heteroatoms. The van der Waals surface area contributed by atoms with E-state index in [1.807, 2.05) is 0 Å². The van der Waals surface area contributed by atoms with Gasteiger partial charge in [-0.1, -0.05) is 33.6 Å². The van der Waals surface area contributed by atoms with E-state index in [0.29, 0.717) is 11.8 Å². The third-order valence-corrected chi connectivity index (χ3v) is 3.61. The van der Waals surface area contributed by atoms with Crippen LogP contribution in [0.3, 0.4) is 0 Å². The molecule has 94 valence electrons. The Morgan fingerprint density at radius 1 is 1.38 bits per heavy atom. The molecular formula is C13H26N2O. The lowest BCUT2D eigenvalue weighted by molar-refractivity contribution is -0.136. The van der Waals surface area contributed by atoms with Crippen LogP contribution in [0.5, 0.6) is 0 Å². The van der Waals surface area contributed by atoms with Crippen LogP contribution in [0, 0.1) is 5.92 Å². The van der Waals surface area contributed by atoms with Crippen molar-refractivity contribution in [3.05, 3.63) is 0 Å². The minimum Gasteiger partial charge on any atom is -0.341 e. The first kappa shape index (κ1) is 13.5. The smallest absolute Gasteiger partial charge is 0.239 e. The highest BCUT2D eigenvalue weighted by Crippen LogP contribution is 2.16. The molecule has 1 saturated heterocycles. The number of nitrogens with zero attached hydrogens (tertiary/aromatic N) is 1. The Hall–Kier alpha value is -0.570. The number of carbonyl (C=O) groups excluding carboxylic acids is 1. The first-order chi connectivity index (χ1) is 7.72. The fraction of sp³-hybridized carbons (Fsp3) is 0.923. The van der Waals surface area contributed by atoms with Gasteiger partial charge in [0.25, 0.3) is 0 Å². The number of hydrogen-bond donors (Lipinski definition) is 1. The van der Waals surface area contributed by atoms with E-state index in [1.165, 1.54) is 12.8 Å². The van der Waals surface area contributed by atoms with Crippen molar-refractivity contribution in [3.8, 4) is 0 Å². The molecule has 0 aromatic carbocycles. The summed E-state index contributed by atoms with van der Waals surface area (Å²) in [6, 6.07) is 0.0770. The maximum absolute atomic E-state index is 12.1. The van der Waals surface area contributed by atoms with Crippen LogP contribution < -0.4 is 5.32 Å². The number of likely N-dealkylation sites (N-methyl/N-ethyl adjacent to an activating group) is 1. The molecule has 3 nitrogen and oxygen atoms in total. The van der Waals surface area contributed by atoms with Crippen LogP contribution in [-0.2, 0) is 4.79 Å². The maximum Gasteiger partial charge on any atom is 0.239 e. The molecule has 1 heterocycles. The van der Waals surface area contributed by atoms with Crippen LogP contribution in [0.4, 0.5) is 0 Å². The molecule has 0 radical (unpaired) electrons. The van der Waals surface area contributed by atoms with Crippen LogP contribution in [0.2, 0.25) is 0 Å². The largest absolute Gasteiger partial charge is 0.341 e. The molecule has 0 spiro atoms. The standard InChI is InChI=1S/C13H26N2O/c1-4-11(5-2)10-15-9-7-8-12(13(15)16)14-6-3/h11-12,14H,4-10H2,1-3H3. The summed E-state index contributed by atoms with van der Waals surface area (Å²) < 4.78 is 0. The Bertz CT molecular complexity index is 212. The quantitative estimate of drug-likeness (QED) is 0.751. The van der Waals surface area contributed by atoms with E-state index in [9.17, 15) is 4.79 Å². The number of carbonyl (C=O) groups is 1. The zero-order valence-corrected chi connectivity index (χ0v) is 11.0. The number of likely N-dealkylation sites (tertiary alicyclic amines) is 1. The van der Waals surface area contributed by atoms with Gasteiger partial charge in [-0.15, -0.1) is 0 Å². The SMILES string of the molecule is CCNC1CCCN(CC(CC)CC)C1=O. The van der Waals surface area contributed by atoms with Gasteiger partial charge in [-0.3, -0.25) is 4.79 Å². The Kier molecular flexibility index (Phi) is 5.81. The van der Waals surface area contributed by atoms with Crippen LogP contribution in [-0.4, -0.2) is 36.5 Å². The summed E-state index contributed by atoms with van der Waals surface area (Å²) in [5.74, 6) is 0.990. The van der Waals surface area contributed by atoms with Crippen molar-refractivity contribution in [3.63, 3.8) is 0 Å². The summed E-state index contributed by atoms with van der Waals surface area (Å²) in [6.45, 7) is 9.28. The van der Waals surface area contributed by atoms with E-state index in [0.717, 1.165) is 32.5 Å². The fourth-order valence-corrected chi connectivity index (χ4v) is 2.42. The predicted octanol–water partition coefficient (Wildman–Crippen LogP) is 2.02. The molecule has 1 rings (SSSR count). The van der Waals surface area contributed by atoms with Gasteiger partial charge in [-0.2, -0.15) is 0 Å². The summed E-state index contributed by atoms with van der Waals surface area (Å²) in [6.07, 6.45) is 4.49. The fourth-order valence-electron chi connectivity index (χ4n) is 2.42. The zero-order chi connectivity index (χ0) is 12.0. The summed E-state index contributed by atoms with van der Waals surface area (Å²) in [5.41, 5.74) is 0. The third-order valence-electron chi connectivity index (χ3n) is 3.61. The van der Waals surface area contributed by atoms with E-state index in [4.69, 9.17) is 0 Å². The molecule has 1 amide bonds. The van der Waals surface area contributed by atoms with E-state index in [-0.39, 0.29) is 6.04 Å². The zero-order valence-electron chi connectivity index (χ0n) is 11.0. The monoisotopic (exact) mass is 226 g/mol. The van der Waals surface area contributed by atoms with Crippen molar-refractivity contribution in [1.29, 1.82) is 0 Å². The molecule has 16 heavy (non-hydrogen) atoms. The molecule has 0 bridgehead atoms. The molecule has 1 N–H and O–H groups in total. The molecule has 1 unspecified atom stereocenters. The van der Waals surface area contributed by atoms with Crippen molar-refractivity contribution in [2.45, 2.75) is 52.5 Å². The van der Waals surface area contributed by atoms with Crippen LogP contribution in [0.25, 0.3) is 0 Å². The van der Waals surface area contributed by atoms with E-state index >= 15 is 0 Å². The van der Waals surface area contributed by atoms with Crippen molar-refractivity contribution in [2.24, 2.45) is 5.92 Å². The highest BCUT2D eigenvalue weighted by molar-refractivity contribution is 5.82. The van der Waals surface area contributed by atoms with Crippen LogP contribution >= 0.6 is 0 Å². The summed E-state index contributed by atoms with van der Waals surface area (Å²) >= 11 is 0. The van der Waals surface area contributed by atoms with Crippen molar-refractivity contribution in [1.82, 2.24) is 10.2 Å². The topological polar surface area (TPSA) is 32.3 Å². The van der Waals surface area contributed by atoms with E-state index in [2.05, 4.69) is 31.0 Å². The van der Waals surface area contributed by atoms with Gasteiger partial charge in [0.2, 0.25) is 5.91 Å². The minimum atomic E-state index is 0.0770. The lowest BCUT2D eigenvalue weighted by Gasteiger charge is -2.34. The van der Waals surface area contributed by atoms with E-state index < -0.39 is 0 Å². The molecule has 0 aromatic heterocycles. The molecule has 1 fully saturated rings. The number of hydrogen-bond acceptors (Lipinski definition) is 2. The second kappa shape index (κ2) is 6.89. The van der Waals surface area contributed by atoms with Gasteiger partial charge in [0.15, 0.2) is 0 Å². The lowest BCUT2D eigenvalue weighted by Crippen LogP contribution is -2.51. The average molecular weight is 226 g/mol. The van der Waals surface area contributed by atoms with Gasteiger partial charge in [0.1, 0.15) is 0 Å². The highest BCUT2D eigenvalue weighted by Gasteiger charge is 2.28. The Morgan fingerprint density at radius 2 is 2.06 bits per heavy atom. The Morgan fingerprint density at radius 3 is 2.62 bits per heavy atom. The van der Waals surface area contributed by atoms with Gasteiger partial charge in [0, 0.05) is 13.1 Å². The van der Waals surface area contributed by atoms with Crippen molar-refractivity contribution >= 4 is 5.91 Å². The van der Waals surface area contributed by atoms with Gasteiger partial charge in [-0.05, 0) is 25.3 Å². The molecule has 0 saturated carbocycles. The number of nitrogens with one attached hydrogen (secondary N) is 1. The average Bonchev–Trinajstić information content (AvgIpc) is 2.30. The minimum absolute atomic E-state index is 0.0770. The molecule has 0 aromatic rings. The second-order valence-corrected chi connectivity index (χ2v) is 4.72. The first-order valence-corrected chi connectivity index (χ1v) is 6.75. The normalized spacial score (nSPS) is 21.9. The van der Waals surface area contributed by atoms with Crippen LogP contribution in [0.15, 0.2) is 0 Å². The summed E-state index contributed by atoms with van der Waals surface area (Å²) in [7, 11) is 0. The summed E-state index contributed by atoms with van der Waals surface area (Å²) in [5, 5.41) is 3.28. The first-order valence-electron chi connectivity index (χ1n) is 6.75. The third kappa shape index (κ3) is 3.48. The molecule has 1 aliphatic rings. The van der Waals surface area contributed by atoms with Gasteiger partial charge in [0.05, 0.1) is 6.04 Å². The van der Waals surface area contributed by atoms with Gasteiger partial charge < -0.3 is 10.2 Å². The van der Waals surface area contributed by atoms with Crippen LogP contribution in [0.1, 0.15) is 46.5 Å². The van der Waals surface area contributed by atoms with Crippen molar-refractivity contribution in [2.75, 3.05) is 19.6 Å². The Balaban J connectivity index is 2.49. The number of piperidine rings is 1. The summed E-state index contributed by atoms with van der Waals surface area (Å²) in [4.78, 5) is 14.2. The maximum atomic E-state index is 12.1. The molecule has 1 atom stereocenters. The lowest BCUT2D eigenvalue weighted by atomic mass is 9.99. The van der Waals surface area contributed by atoms with E-state index in [1.54, 1.807) is 0 Å². The molecular weight excluding hydrogens is 200 g/mol. The van der Waals surface area contributed by atoms with Gasteiger partial charge in [-0.25, -0.2) is 0 Å². The molecule has 0 aliphatic carbocycles. The number of rotatable bonds is 6. The molecule has 1 aliphatic heterocycles. The Labute approximate surface area is 99.6 Å². The van der Waals surface area contributed by atoms with Gasteiger partial charge >= 0.3 is 0 Å².